The molecule has 1 rings (SSSR count). The van der Waals surface area contributed by atoms with Crippen molar-refractivity contribution in [1.82, 2.24) is 15.5 Å². The predicted molar refractivity (Wildman–Crippen MR) is 145 cm³/mol. The Kier molecular flexibility index (Phi) is 13.6. The SMILES string of the molecule is C#Cc1ccc(C(C(=O)NCCC(=O)OCC)N(CC)C(=O)C(CCSC)NC(=O)OC(C)(C)C)cc1. The number of rotatable bonds is 13. The minimum Gasteiger partial charge on any atom is -0.466 e. The van der Waals surface area contributed by atoms with Gasteiger partial charge in [-0.1, -0.05) is 18.1 Å². The van der Waals surface area contributed by atoms with Crippen LogP contribution in [0.2, 0.25) is 0 Å². The van der Waals surface area contributed by atoms with Crippen LogP contribution in [0.25, 0.3) is 0 Å². The van der Waals surface area contributed by atoms with Crippen molar-refractivity contribution in [3.05, 3.63) is 35.4 Å². The molecule has 10 heteroatoms. The molecule has 3 amide bonds. The van der Waals surface area contributed by atoms with E-state index in [2.05, 4.69) is 16.6 Å². The third kappa shape index (κ3) is 11.2. The van der Waals surface area contributed by atoms with Crippen LogP contribution in [-0.4, -0.2) is 72.1 Å². The van der Waals surface area contributed by atoms with Crippen LogP contribution in [0.15, 0.2) is 24.3 Å². The maximum absolute atomic E-state index is 13.8. The highest BCUT2D eigenvalue weighted by molar-refractivity contribution is 7.98. The summed E-state index contributed by atoms with van der Waals surface area (Å²) in [6.45, 7) is 9.16. The van der Waals surface area contributed by atoms with Crippen molar-refractivity contribution >= 4 is 35.6 Å². The molecule has 0 radical (unpaired) electrons. The molecule has 0 saturated heterocycles. The molecule has 0 heterocycles. The summed E-state index contributed by atoms with van der Waals surface area (Å²) in [5, 5.41) is 5.41. The lowest BCUT2D eigenvalue weighted by atomic mass is 10.0. The normalized spacial score (nSPS) is 12.5. The second-order valence-corrected chi connectivity index (χ2v) is 10.1. The fourth-order valence-electron chi connectivity index (χ4n) is 3.46. The summed E-state index contributed by atoms with van der Waals surface area (Å²) in [4.78, 5) is 52.7. The first kappa shape index (κ1) is 31.8. The zero-order chi connectivity index (χ0) is 28.0. The number of benzene rings is 1. The molecular weight excluding hydrogens is 494 g/mol. The lowest BCUT2D eigenvalue weighted by Gasteiger charge is -2.33. The van der Waals surface area contributed by atoms with E-state index in [1.54, 1.807) is 58.9 Å². The Morgan fingerprint density at radius 2 is 1.78 bits per heavy atom. The highest BCUT2D eigenvalue weighted by Gasteiger charge is 2.35. The van der Waals surface area contributed by atoms with Gasteiger partial charge < -0.3 is 25.0 Å². The highest BCUT2D eigenvalue weighted by Crippen LogP contribution is 2.24. The van der Waals surface area contributed by atoms with Gasteiger partial charge in [0.25, 0.3) is 0 Å². The summed E-state index contributed by atoms with van der Waals surface area (Å²) in [6, 6.07) is 4.86. The molecule has 0 spiro atoms. The molecule has 2 unspecified atom stereocenters. The molecule has 204 valence electrons. The molecular formula is C27H39N3O6S. The first-order valence-electron chi connectivity index (χ1n) is 12.3. The van der Waals surface area contributed by atoms with Crippen molar-refractivity contribution in [1.29, 1.82) is 0 Å². The molecule has 2 atom stereocenters. The highest BCUT2D eigenvalue weighted by atomic mass is 32.2. The number of ether oxygens (including phenoxy) is 2. The summed E-state index contributed by atoms with van der Waals surface area (Å²) in [5.41, 5.74) is 0.439. The molecule has 2 N–H and O–H groups in total. The number of carbonyl (C=O) groups excluding carboxylic acids is 4. The van der Waals surface area contributed by atoms with Crippen LogP contribution in [0, 0.1) is 12.3 Å². The van der Waals surface area contributed by atoms with Crippen LogP contribution in [0.4, 0.5) is 4.79 Å². The van der Waals surface area contributed by atoms with E-state index < -0.39 is 41.6 Å². The number of amides is 3. The van der Waals surface area contributed by atoms with Crippen molar-refractivity contribution in [2.45, 2.75) is 65.1 Å². The van der Waals surface area contributed by atoms with Gasteiger partial charge in [-0.25, -0.2) is 4.79 Å². The first-order valence-corrected chi connectivity index (χ1v) is 13.7. The predicted octanol–water partition coefficient (Wildman–Crippen LogP) is 3.27. The van der Waals surface area contributed by atoms with E-state index in [1.807, 2.05) is 6.26 Å². The molecule has 0 aliphatic carbocycles. The van der Waals surface area contributed by atoms with E-state index in [4.69, 9.17) is 15.9 Å². The number of likely N-dealkylation sites (N-methyl/N-ethyl adjacent to an activating group) is 1. The van der Waals surface area contributed by atoms with Crippen molar-refractivity contribution < 1.29 is 28.7 Å². The number of thioether (sulfide) groups is 1. The van der Waals surface area contributed by atoms with Gasteiger partial charge in [-0.3, -0.25) is 14.4 Å². The Morgan fingerprint density at radius 3 is 2.30 bits per heavy atom. The summed E-state index contributed by atoms with van der Waals surface area (Å²) in [5.74, 6) is 1.82. The van der Waals surface area contributed by atoms with Crippen LogP contribution in [0.1, 0.15) is 64.6 Å². The minimum absolute atomic E-state index is 0.00104. The van der Waals surface area contributed by atoms with Gasteiger partial charge in [0, 0.05) is 18.7 Å². The zero-order valence-electron chi connectivity index (χ0n) is 22.6. The molecule has 0 aromatic heterocycles. The number of terminal acetylenes is 1. The number of hydrogen-bond donors (Lipinski definition) is 2. The first-order chi connectivity index (χ1) is 17.5. The average molecular weight is 534 g/mol. The number of esters is 1. The number of nitrogens with zero attached hydrogens (tertiary/aromatic N) is 1. The van der Waals surface area contributed by atoms with Crippen LogP contribution < -0.4 is 10.6 Å². The van der Waals surface area contributed by atoms with E-state index in [0.717, 1.165) is 0 Å². The molecule has 9 nitrogen and oxygen atoms in total. The summed E-state index contributed by atoms with van der Waals surface area (Å²) >= 11 is 1.54. The molecule has 0 aliphatic rings. The minimum atomic E-state index is -1.01. The summed E-state index contributed by atoms with van der Waals surface area (Å²) in [6.07, 6.45) is 7.01. The van der Waals surface area contributed by atoms with Crippen molar-refractivity contribution in [3.8, 4) is 12.3 Å². The Labute approximate surface area is 224 Å². The molecule has 0 aliphatic heterocycles. The van der Waals surface area contributed by atoms with E-state index in [1.165, 1.54) is 16.7 Å². The second kappa shape index (κ2) is 15.8. The Balaban J connectivity index is 3.27. The second-order valence-electron chi connectivity index (χ2n) is 9.12. The Morgan fingerprint density at radius 1 is 1.14 bits per heavy atom. The lowest BCUT2D eigenvalue weighted by Crippen LogP contribution is -2.53. The average Bonchev–Trinajstić information content (AvgIpc) is 2.83. The van der Waals surface area contributed by atoms with Gasteiger partial charge in [-0.15, -0.1) is 6.42 Å². The fraction of sp³-hybridized carbons (Fsp3) is 0.556. The van der Waals surface area contributed by atoms with Crippen molar-refractivity contribution in [2.24, 2.45) is 0 Å². The Hall–Kier alpha value is -3.19. The standard InChI is InChI=1S/C27H39N3O6S/c1-8-19-11-13-20(14-12-19)23(24(32)28-17-15-22(31)35-10-3)30(9-2)25(33)21(16-18-37-7)29-26(34)36-27(4,5)6/h1,11-14,21,23H,9-10,15-18H2,2-7H3,(H,28,32)(H,29,34). The number of alkyl carbamates (subject to hydrolysis) is 1. The molecule has 0 bridgehead atoms. The molecule has 1 aromatic rings. The van der Waals surface area contributed by atoms with Gasteiger partial charge in [0.15, 0.2) is 0 Å². The van der Waals surface area contributed by atoms with Crippen molar-refractivity contribution in [2.75, 3.05) is 31.7 Å². The summed E-state index contributed by atoms with van der Waals surface area (Å²) < 4.78 is 10.3. The van der Waals surface area contributed by atoms with E-state index >= 15 is 0 Å². The van der Waals surface area contributed by atoms with E-state index in [-0.39, 0.29) is 26.1 Å². The fourth-order valence-corrected chi connectivity index (χ4v) is 3.93. The maximum Gasteiger partial charge on any atom is 0.408 e. The third-order valence-electron chi connectivity index (χ3n) is 5.11. The van der Waals surface area contributed by atoms with Gasteiger partial charge in [0.05, 0.1) is 13.0 Å². The molecule has 0 saturated carbocycles. The zero-order valence-corrected chi connectivity index (χ0v) is 23.4. The van der Waals surface area contributed by atoms with Gasteiger partial charge in [-0.05, 0) is 70.7 Å². The van der Waals surface area contributed by atoms with Gasteiger partial charge >= 0.3 is 12.1 Å². The number of hydrogen-bond acceptors (Lipinski definition) is 7. The van der Waals surface area contributed by atoms with Gasteiger partial charge in [-0.2, -0.15) is 11.8 Å². The molecule has 1 aromatic carbocycles. The van der Waals surface area contributed by atoms with E-state index in [0.29, 0.717) is 23.3 Å². The smallest absolute Gasteiger partial charge is 0.408 e. The number of nitrogens with one attached hydrogen (secondary N) is 2. The van der Waals surface area contributed by atoms with Crippen LogP contribution in [0.3, 0.4) is 0 Å². The topological polar surface area (TPSA) is 114 Å². The van der Waals surface area contributed by atoms with Crippen LogP contribution in [0.5, 0.6) is 0 Å². The maximum atomic E-state index is 13.8. The Bertz CT molecular complexity index is 952. The summed E-state index contributed by atoms with van der Waals surface area (Å²) in [7, 11) is 0. The van der Waals surface area contributed by atoms with Gasteiger partial charge in [0.1, 0.15) is 17.7 Å². The van der Waals surface area contributed by atoms with Gasteiger partial charge in [0.2, 0.25) is 11.8 Å². The lowest BCUT2D eigenvalue weighted by molar-refractivity contribution is -0.144. The number of carbonyl (C=O) groups is 4. The monoisotopic (exact) mass is 533 g/mol. The quantitative estimate of drug-likeness (QED) is 0.295. The largest absolute Gasteiger partial charge is 0.466 e. The van der Waals surface area contributed by atoms with Crippen molar-refractivity contribution in [3.63, 3.8) is 0 Å². The van der Waals surface area contributed by atoms with Crippen LogP contribution >= 0.6 is 11.8 Å². The van der Waals surface area contributed by atoms with E-state index in [9.17, 15) is 19.2 Å². The third-order valence-corrected chi connectivity index (χ3v) is 5.75. The van der Waals surface area contributed by atoms with Crippen LogP contribution in [-0.2, 0) is 23.9 Å². The molecule has 37 heavy (non-hydrogen) atoms. The molecule has 0 fully saturated rings.